The van der Waals surface area contributed by atoms with Crippen LogP contribution in [-0.4, -0.2) is 18.7 Å². The highest BCUT2D eigenvalue weighted by atomic mass is 16.6. The van der Waals surface area contributed by atoms with Crippen LogP contribution in [0.2, 0.25) is 0 Å². The van der Waals surface area contributed by atoms with E-state index in [1.54, 1.807) is 6.92 Å². The topological polar surface area (TPSA) is 35.5 Å². The lowest BCUT2D eigenvalue weighted by Crippen LogP contribution is -2.26. The van der Waals surface area contributed by atoms with Crippen LogP contribution in [0.15, 0.2) is 24.3 Å². The van der Waals surface area contributed by atoms with E-state index in [0.29, 0.717) is 12.4 Å². The van der Waals surface area contributed by atoms with Gasteiger partial charge in [-0.2, -0.15) is 0 Å². The fraction of sp³-hybridized carbons (Fsp3) is 0.462. The van der Waals surface area contributed by atoms with Crippen molar-refractivity contribution in [2.75, 3.05) is 6.61 Å². The zero-order valence-corrected chi connectivity index (χ0v) is 10.0. The van der Waals surface area contributed by atoms with Crippen molar-refractivity contribution in [2.45, 2.75) is 33.3 Å². The monoisotopic (exact) mass is 222 g/mol. The average Bonchev–Trinajstić information content (AvgIpc) is 2.29. The van der Waals surface area contributed by atoms with Crippen LogP contribution in [0.4, 0.5) is 0 Å². The highest BCUT2D eigenvalue weighted by molar-refractivity contribution is 5.74. The number of hydrogen-bond donors (Lipinski definition) is 0. The predicted octanol–water partition coefficient (Wildman–Crippen LogP) is 2.72. The molecule has 0 N–H and O–H groups in total. The Morgan fingerprint density at radius 3 is 2.50 bits per heavy atom. The van der Waals surface area contributed by atoms with Gasteiger partial charge in [0.25, 0.3) is 0 Å². The smallest absolute Gasteiger partial charge is 0.347 e. The third-order valence-corrected chi connectivity index (χ3v) is 2.11. The molecule has 0 radical (unpaired) electrons. The van der Waals surface area contributed by atoms with Crippen molar-refractivity contribution in [1.29, 1.82) is 0 Å². The lowest BCUT2D eigenvalue weighted by atomic mass is 10.2. The Bertz CT molecular complexity index is 330. The largest absolute Gasteiger partial charge is 0.479 e. The first-order valence-corrected chi connectivity index (χ1v) is 5.53. The molecule has 1 aromatic rings. The molecule has 16 heavy (non-hydrogen) atoms. The van der Waals surface area contributed by atoms with E-state index < -0.39 is 6.10 Å². The van der Waals surface area contributed by atoms with Crippen LogP contribution in [0.25, 0.3) is 0 Å². The molecule has 0 aromatic heterocycles. The Morgan fingerprint density at radius 2 is 1.94 bits per heavy atom. The number of esters is 1. The molecule has 0 fully saturated rings. The van der Waals surface area contributed by atoms with Crippen molar-refractivity contribution < 1.29 is 14.3 Å². The molecular formula is C13H18O3. The molecule has 88 valence electrons. The molecule has 3 heteroatoms. The Morgan fingerprint density at radius 1 is 1.31 bits per heavy atom. The average molecular weight is 222 g/mol. The van der Waals surface area contributed by atoms with Crippen LogP contribution in [0.1, 0.15) is 25.8 Å². The van der Waals surface area contributed by atoms with E-state index in [1.165, 1.54) is 0 Å². The van der Waals surface area contributed by atoms with Gasteiger partial charge in [0.15, 0.2) is 6.10 Å². The van der Waals surface area contributed by atoms with Crippen LogP contribution in [0.5, 0.6) is 5.75 Å². The number of benzene rings is 1. The SMILES string of the molecule is CCCOC(=O)[C@H](C)Oc1ccc(C)cc1. The number of ether oxygens (including phenoxy) is 2. The van der Waals surface area contributed by atoms with E-state index >= 15 is 0 Å². The lowest BCUT2D eigenvalue weighted by molar-refractivity contribution is -0.151. The third kappa shape index (κ3) is 3.93. The van der Waals surface area contributed by atoms with Crippen LogP contribution in [-0.2, 0) is 9.53 Å². The quantitative estimate of drug-likeness (QED) is 0.718. The van der Waals surface area contributed by atoms with Gasteiger partial charge in [-0.05, 0) is 32.4 Å². The molecule has 0 aliphatic rings. The summed E-state index contributed by atoms with van der Waals surface area (Å²) in [6.07, 6.45) is 0.262. The molecule has 0 saturated heterocycles. The molecule has 0 saturated carbocycles. The van der Waals surface area contributed by atoms with Crippen LogP contribution >= 0.6 is 0 Å². The summed E-state index contributed by atoms with van der Waals surface area (Å²) >= 11 is 0. The van der Waals surface area contributed by atoms with E-state index in [4.69, 9.17) is 9.47 Å². The van der Waals surface area contributed by atoms with Crippen molar-refractivity contribution >= 4 is 5.97 Å². The molecule has 0 spiro atoms. The fourth-order valence-corrected chi connectivity index (χ4v) is 1.19. The highest BCUT2D eigenvalue weighted by Gasteiger charge is 2.15. The van der Waals surface area contributed by atoms with Gasteiger partial charge in [0.2, 0.25) is 0 Å². The number of carbonyl (C=O) groups excluding carboxylic acids is 1. The Balaban J connectivity index is 2.47. The maximum atomic E-state index is 11.4. The van der Waals surface area contributed by atoms with Gasteiger partial charge in [-0.3, -0.25) is 0 Å². The van der Waals surface area contributed by atoms with E-state index in [1.807, 2.05) is 38.1 Å². The summed E-state index contributed by atoms with van der Waals surface area (Å²) in [6, 6.07) is 7.58. The first kappa shape index (κ1) is 12.6. The molecule has 1 atom stereocenters. The summed E-state index contributed by atoms with van der Waals surface area (Å²) in [6.45, 7) is 6.10. The van der Waals surface area contributed by atoms with E-state index in [2.05, 4.69) is 0 Å². The Hall–Kier alpha value is -1.51. The van der Waals surface area contributed by atoms with Gasteiger partial charge in [-0.15, -0.1) is 0 Å². The first-order chi connectivity index (χ1) is 7.63. The van der Waals surface area contributed by atoms with Crippen molar-refractivity contribution in [1.82, 2.24) is 0 Å². The maximum Gasteiger partial charge on any atom is 0.347 e. The summed E-state index contributed by atoms with van der Waals surface area (Å²) < 4.78 is 10.4. The van der Waals surface area contributed by atoms with Gasteiger partial charge >= 0.3 is 5.97 Å². The number of aryl methyl sites for hydroxylation is 1. The van der Waals surface area contributed by atoms with Gasteiger partial charge in [-0.25, -0.2) is 4.79 Å². The molecule has 0 bridgehead atoms. The van der Waals surface area contributed by atoms with Gasteiger partial charge in [-0.1, -0.05) is 24.6 Å². The van der Waals surface area contributed by atoms with Crippen LogP contribution in [0, 0.1) is 6.92 Å². The summed E-state index contributed by atoms with van der Waals surface area (Å²) in [4.78, 5) is 11.4. The molecule has 1 rings (SSSR count). The summed E-state index contributed by atoms with van der Waals surface area (Å²) in [5.41, 5.74) is 1.16. The first-order valence-electron chi connectivity index (χ1n) is 5.53. The minimum absolute atomic E-state index is 0.317. The second-order valence-electron chi connectivity index (χ2n) is 3.74. The summed E-state index contributed by atoms with van der Waals surface area (Å²) in [5, 5.41) is 0. The standard InChI is InChI=1S/C13H18O3/c1-4-9-15-13(14)11(3)16-12-7-5-10(2)6-8-12/h5-8,11H,4,9H2,1-3H3/t11-/m0/s1. The van der Waals surface area contributed by atoms with Crippen LogP contribution < -0.4 is 4.74 Å². The molecule has 0 aliphatic heterocycles. The van der Waals surface area contributed by atoms with E-state index in [9.17, 15) is 4.79 Å². The van der Waals surface area contributed by atoms with Gasteiger partial charge in [0.05, 0.1) is 6.61 Å². The summed E-state index contributed by atoms with van der Waals surface area (Å²) in [7, 11) is 0. The van der Waals surface area contributed by atoms with E-state index in [0.717, 1.165) is 12.0 Å². The fourth-order valence-electron chi connectivity index (χ4n) is 1.19. The van der Waals surface area contributed by atoms with E-state index in [-0.39, 0.29) is 5.97 Å². The molecule has 0 unspecified atom stereocenters. The zero-order valence-electron chi connectivity index (χ0n) is 10.0. The molecule has 0 heterocycles. The maximum absolute atomic E-state index is 11.4. The highest BCUT2D eigenvalue weighted by Crippen LogP contribution is 2.13. The number of carbonyl (C=O) groups is 1. The van der Waals surface area contributed by atoms with Crippen molar-refractivity contribution in [3.63, 3.8) is 0 Å². The normalized spacial score (nSPS) is 11.9. The number of hydrogen-bond acceptors (Lipinski definition) is 3. The molecule has 3 nitrogen and oxygen atoms in total. The second kappa shape index (κ2) is 6.16. The second-order valence-corrected chi connectivity index (χ2v) is 3.74. The number of rotatable bonds is 5. The third-order valence-electron chi connectivity index (χ3n) is 2.11. The van der Waals surface area contributed by atoms with Gasteiger partial charge < -0.3 is 9.47 Å². The molecular weight excluding hydrogens is 204 g/mol. The molecule has 1 aromatic carbocycles. The minimum Gasteiger partial charge on any atom is -0.479 e. The Kier molecular flexibility index (Phi) is 4.83. The van der Waals surface area contributed by atoms with Crippen LogP contribution in [0.3, 0.4) is 0 Å². The summed E-state index contributed by atoms with van der Waals surface area (Å²) in [5.74, 6) is 0.369. The lowest BCUT2D eigenvalue weighted by Gasteiger charge is -2.13. The van der Waals surface area contributed by atoms with Crippen molar-refractivity contribution in [3.8, 4) is 5.75 Å². The Labute approximate surface area is 96.4 Å². The zero-order chi connectivity index (χ0) is 12.0. The van der Waals surface area contributed by atoms with Crippen molar-refractivity contribution in [2.24, 2.45) is 0 Å². The minimum atomic E-state index is -0.561. The van der Waals surface area contributed by atoms with Gasteiger partial charge in [0, 0.05) is 0 Å². The van der Waals surface area contributed by atoms with Crippen molar-refractivity contribution in [3.05, 3.63) is 29.8 Å². The molecule has 0 amide bonds. The van der Waals surface area contributed by atoms with Gasteiger partial charge in [0.1, 0.15) is 5.75 Å². The molecule has 0 aliphatic carbocycles. The predicted molar refractivity (Wildman–Crippen MR) is 62.5 cm³/mol.